The molecule has 1 amide bonds. The zero-order chi connectivity index (χ0) is 15.5. The molecule has 1 N–H and O–H groups in total. The molecule has 116 valence electrons. The van der Waals surface area contributed by atoms with Gasteiger partial charge in [0, 0.05) is 26.1 Å². The predicted octanol–water partition coefficient (Wildman–Crippen LogP) is 1.59. The van der Waals surface area contributed by atoms with E-state index >= 15 is 0 Å². The van der Waals surface area contributed by atoms with Crippen LogP contribution >= 0.6 is 0 Å². The van der Waals surface area contributed by atoms with E-state index in [4.69, 9.17) is 0 Å². The van der Waals surface area contributed by atoms with Gasteiger partial charge in [-0.1, -0.05) is 6.07 Å². The molecule has 0 radical (unpaired) electrons. The molecule has 1 saturated heterocycles. The van der Waals surface area contributed by atoms with Gasteiger partial charge in [0.05, 0.1) is 4.90 Å². The second-order valence-electron chi connectivity index (χ2n) is 5.48. The third kappa shape index (κ3) is 4.04. The van der Waals surface area contributed by atoms with Crippen LogP contribution in [0, 0.1) is 13.8 Å². The summed E-state index contributed by atoms with van der Waals surface area (Å²) in [6.45, 7) is 5.61. The zero-order valence-corrected chi connectivity index (χ0v) is 13.4. The van der Waals surface area contributed by atoms with Crippen molar-refractivity contribution in [2.75, 3.05) is 19.6 Å². The summed E-state index contributed by atoms with van der Waals surface area (Å²) in [5, 5.41) is 0. The van der Waals surface area contributed by atoms with Gasteiger partial charge in [-0.15, -0.1) is 0 Å². The number of amides is 1. The molecular weight excluding hydrogens is 288 g/mol. The minimum atomic E-state index is -3.46. The maximum absolute atomic E-state index is 12.2. The lowest BCUT2D eigenvalue weighted by atomic mass is 10.1. The fourth-order valence-electron chi connectivity index (χ4n) is 2.38. The van der Waals surface area contributed by atoms with Crippen molar-refractivity contribution in [1.29, 1.82) is 0 Å². The van der Waals surface area contributed by atoms with E-state index < -0.39 is 10.0 Å². The first-order chi connectivity index (χ1) is 9.90. The summed E-state index contributed by atoms with van der Waals surface area (Å²) < 4.78 is 26.9. The van der Waals surface area contributed by atoms with Crippen molar-refractivity contribution in [3.63, 3.8) is 0 Å². The van der Waals surface area contributed by atoms with Crippen molar-refractivity contribution in [3.05, 3.63) is 29.3 Å². The van der Waals surface area contributed by atoms with Gasteiger partial charge in [-0.3, -0.25) is 4.79 Å². The number of hydrogen-bond acceptors (Lipinski definition) is 3. The summed E-state index contributed by atoms with van der Waals surface area (Å²) in [6, 6.07) is 5.11. The standard InChI is InChI=1S/C15H22N2O3S/c1-12-6-7-14(11-13(12)2)21(19,20)16-8-4-10-17-9-3-5-15(17)18/h6-7,11,16H,3-5,8-10H2,1-2H3. The molecule has 0 atom stereocenters. The first-order valence-electron chi connectivity index (χ1n) is 7.25. The fourth-order valence-corrected chi connectivity index (χ4v) is 3.54. The van der Waals surface area contributed by atoms with Crippen LogP contribution in [-0.2, 0) is 14.8 Å². The minimum absolute atomic E-state index is 0.173. The van der Waals surface area contributed by atoms with Crippen LogP contribution < -0.4 is 4.72 Å². The van der Waals surface area contributed by atoms with Crippen molar-refractivity contribution >= 4 is 15.9 Å². The molecule has 0 bridgehead atoms. The highest BCUT2D eigenvalue weighted by Crippen LogP contribution is 2.14. The lowest BCUT2D eigenvalue weighted by molar-refractivity contribution is -0.127. The van der Waals surface area contributed by atoms with Crippen LogP contribution in [0.4, 0.5) is 0 Å². The first-order valence-corrected chi connectivity index (χ1v) is 8.73. The van der Waals surface area contributed by atoms with Gasteiger partial charge >= 0.3 is 0 Å². The number of aryl methyl sites for hydroxylation is 2. The Bertz CT molecular complexity index is 626. The first kappa shape index (κ1) is 16.0. The number of rotatable bonds is 6. The third-order valence-corrected chi connectivity index (χ3v) is 5.32. The monoisotopic (exact) mass is 310 g/mol. The van der Waals surface area contributed by atoms with E-state index in [9.17, 15) is 13.2 Å². The zero-order valence-electron chi connectivity index (χ0n) is 12.6. The van der Waals surface area contributed by atoms with Crippen molar-refractivity contribution < 1.29 is 13.2 Å². The van der Waals surface area contributed by atoms with Crippen molar-refractivity contribution in [2.45, 2.75) is 38.0 Å². The number of nitrogens with zero attached hydrogens (tertiary/aromatic N) is 1. The van der Waals surface area contributed by atoms with Gasteiger partial charge < -0.3 is 4.90 Å². The van der Waals surface area contributed by atoms with E-state index in [1.807, 2.05) is 19.9 Å². The van der Waals surface area contributed by atoms with Crippen molar-refractivity contribution in [1.82, 2.24) is 9.62 Å². The summed E-state index contributed by atoms with van der Waals surface area (Å²) >= 11 is 0. The maximum atomic E-state index is 12.2. The average Bonchev–Trinajstić information content (AvgIpc) is 2.83. The molecule has 1 aliphatic rings. The van der Waals surface area contributed by atoms with Gasteiger partial charge in [0.2, 0.25) is 15.9 Å². The van der Waals surface area contributed by atoms with Crippen molar-refractivity contribution in [3.8, 4) is 0 Å². The number of likely N-dealkylation sites (tertiary alicyclic amines) is 1. The van der Waals surface area contributed by atoms with Gasteiger partial charge in [-0.25, -0.2) is 13.1 Å². The lowest BCUT2D eigenvalue weighted by Crippen LogP contribution is -2.30. The van der Waals surface area contributed by atoms with Crippen LogP contribution in [-0.4, -0.2) is 38.9 Å². The Balaban J connectivity index is 1.86. The number of nitrogens with one attached hydrogen (secondary N) is 1. The number of carbonyl (C=O) groups is 1. The SMILES string of the molecule is Cc1ccc(S(=O)(=O)NCCCN2CCCC2=O)cc1C. The van der Waals surface area contributed by atoms with Crippen LogP contribution in [0.3, 0.4) is 0 Å². The lowest BCUT2D eigenvalue weighted by Gasteiger charge is -2.15. The molecule has 2 rings (SSSR count). The quantitative estimate of drug-likeness (QED) is 0.812. The second-order valence-corrected chi connectivity index (χ2v) is 7.25. The van der Waals surface area contributed by atoms with Crippen LogP contribution in [0.25, 0.3) is 0 Å². The Morgan fingerprint density at radius 1 is 1.24 bits per heavy atom. The molecule has 0 saturated carbocycles. The van der Waals surface area contributed by atoms with Gasteiger partial charge in [0.25, 0.3) is 0 Å². The summed E-state index contributed by atoms with van der Waals surface area (Å²) in [4.78, 5) is 13.5. The van der Waals surface area contributed by atoms with Crippen LogP contribution in [0.15, 0.2) is 23.1 Å². The number of hydrogen-bond donors (Lipinski definition) is 1. The third-order valence-electron chi connectivity index (χ3n) is 3.86. The molecule has 6 heteroatoms. The molecule has 1 fully saturated rings. The molecule has 1 heterocycles. The minimum Gasteiger partial charge on any atom is -0.343 e. The van der Waals surface area contributed by atoms with E-state index in [0.29, 0.717) is 30.8 Å². The molecule has 0 spiro atoms. The molecular formula is C15H22N2O3S. The number of carbonyl (C=O) groups excluding carboxylic acids is 1. The molecule has 1 aliphatic heterocycles. The molecule has 0 unspecified atom stereocenters. The second kappa shape index (κ2) is 6.58. The number of sulfonamides is 1. The summed E-state index contributed by atoms with van der Waals surface area (Å²) in [5.74, 6) is 0.173. The highest BCUT2D eigenvalue weighted by Gasteiger charge is 2.19. The highest BCUT2D eigenvalue weighted by molar-refractivity contribution is 7.89. The van der Waals surface area contributed by atoms with E-state index in [0.717, 1.165) is 24.1 Å². The molecule has 1 aromatic rings. The van der Waals surface area contributed by atoms with Crippen molar-refractivity contribution in [2.24, 2.45) is 0 Å². The Hall–Kier alpha value is -1.40. The Morgan fingerprint density at radius 2 is 2.00 bits per heavy atom. The molecule has 5 nitrogen and oxygen atoms in total. The van der Waals surface area contributed by atoms with E-state index in [2.05, 4.69) is 4.72 Å². The number of benzene rings is 1. The van der Waals surface area contributed by atoms with Crippen LogP contribution in [0.2, 0.25) is 0 Å². The fraction of sp³-hybridized carbons (Fsp3) is 0.533. The van der Waals surface area contributed by atoms with E-state index in [1.165, 1.54) is 0 Å². The maximum Gasteiger partial charge on any atom is 0.240 e. The molecule has 21 heavy (non-hydrogen) atoms. The smallest absolute Gasteiger partial charge is 0.240 e. The van der Waals surface area contributed by atoms with Crippen LogP contribution in [0.5, 0.6) is 0 Å². The average molecular weight is 310 g/mol. The van der Waals surface area contributed by atoms with E-state index in [-0.39, 0.29) is 5.91 Å². The normalized spacial score (nSPS) is 15.7. The Morgan fingerprint density at radius 3 is 2.62 bits per heavy atom. The van der Waals surface area contributed by atoms with Gasteiger partial charge in [0.15, 0.2) is 0 Å². The largest absolute Gasteiger partial charge is 0.343 e. The van der Waals surface area contributed by atoms with Gasteiger partial charge in [0.1, 0.15) is 0 Å². The molecule has 0 aromatic heterocycles. The highest BCUT2D eigenvalue weighted by atomic mass is 32.2. The summed E-state index contributed by atoms with van der Waals surface area (Å²) in [7, 11) is -3.46. The topological polar surface area (TPSA) is 66.5 Å². The summed E-state index contributed by atoms with van der Waals surface area (Å²) in [6.07, 6.45) is 2.16. The molecule has 1 aromatic carbocycles. The van der Waals surface area contributed by atoms with Gasteiger partial charge in [-0.05, 0) is 49.9 Å². The predicted molar refractivity (Wildman–Crippen MR) is 81.5 cm³/mol. The molecule has 0 aliphatic carbocycles. The van der Waals surface area contributed by atoms with E-state index in [1.54, 1.807) is 17.0 Å². The Kier molecular flexibility index (Phi) is 5.00. The van der Waals surface area contributed by atoms with Crippen LogP contribution in [0.1, 0.15) is 30.4 Å². The Labute approximate surface area is 126 Å². The summed E-state index contributed by atoms with van der Waals surface area (Å²) in [5.41, 5.74) is 2.03. The van der Waals surface area contributed by atoms with Gasteiger partial charge in [-0.2, -0.15) is 0 Å².